The van der Waals surface area contributed by atoms with Crippen molar-refractivity contribution in [2.45, 2.75) is 44.6 Å². The van der Waals surface area contributed by atoms with Crippen molar-refractivity contribution in [3.63, 3.8) is 0 Å². The van der Waals surface area contributed by atoms with Crippen molar-refractivity contribution >= 4 is 5.91 Å². The molecule has 0 unspecified atom stereocenters. The Bertz CT molecular complexity index is 303. The van der Waals surface area contributed by atoms with Gasteiger partial charge in [-0.2, -0.15) is 0 Å². The quantitative estimate of drug-likeness (QED) is 0.836. The van der Waals surface area contributed by atoms with Gasteiger partial charge in [-0.15, -0.1) is 0 Å². The monoisotopic (exact) mass is 266 g/mol. The number of nitrogens with zero attached hydrogens (tertiary/aromatic N) is 1. The summed E-state index contributed by atoms with van der Waals surface area (Å²) in [6.45, 7) is 4.60. The fraction of sp³-hybridized carbons (Fsp3) is 0.933. The van der Waals surface area contributed by atoms with E-state index in [2.05, 4.69) is 10.2 Å². The molecule has 4 nitrogen and oxygen atoms in total. The molecule has 0 aromatic heterocycles. The van der Waals surface area contributed by atoms with Gasteiger partial charge in [0.1, 0.15) is 0 Å². The third kappa shape index (κ3) is 3.69. The minimum absolute atomic E-state index is 0.227. The van der Waals surface area contributed by atoms with Crippen LogP contribution in [-0.4, -0.2) is 49.7 Å². The van der Waals surface area contributed by atoms with Crippen LogP contribution in [0.5, 0.6) is 0 Å². The van der Waals surface area contributed by atoms with Crippen molar-refractivity contribution in [2.75, 3.05) is 32.8 Å². The summed E-state index contributed by atoms with van der Waals surface area (Å²) in [5.41, 5.74) is 0. The van der Waals surface area contributed by atoms with E-state index in [1.165, 1.54) is 19.4 Å². The van der Waals surface area contributed by atoms with Crippen molar-refractivity contribution in [1.29, 1.82) is 0 Å². The van der Waals surface area contributed by atoms with Gasteiger partial charge in [0.2, 0.25) is 5.91 Å². The van der Waals surface area contributed by atoms with E-state index in [0.29, 0.717) is 11.9 Å². The van der Waals surface area contributed by atoms with Crippen LogP contribution in [0.3, 0.4) is 0 Å². The predicted molar refractivity (Wildman–Crippen MR) is 73.9 cm³/mol. The molecule has 3 fully saturated rings. The first-order valence-electron chi connectivity index (χ1n) is 7.93. The molecule has 4 heteroatoms. The molecule has 0 bridgehead atoms. The molecular formula is C15H26N2O2. The lowest BCUT2D eigenvalue weighted by Crippen LogP contribution is -2.47. The number of ether oxygens (including phenoxy) is 1. The lowest BCUT2D eigenvalue weighted by atomic mass is 9.96. The van der Waals surface area contributed by atoms with Crippen LogP contribution in [0, 0.1) is 11.8 Å². The predicted octanol–water partition coefficient (Wildman–Crippen LogP) is 1.40. The van der Waals surface area contributed by atoms with Crippen LogP contribution in [0.15, 0.2) is 0 Å². The zero-order valence-corrected chi connectivity index (χ0v) is 11.8. The molecule has 1 aliphatic carbocycles. The van der Waals surface area contributed by atoms with E-state index in [9.17, 15) is 4.79 Å². The van der Waals surface area contributed by atoms with Gasteiger partial charge in [-0.05, 0) is 51.0 Å². The Balaban J connectivity index is 1.39. The number of hydrogen-bond acceptors (Lipinski definition) is 3. The lowest BCUT2D eigenvalue weighted by molar-refractivity contribution is -0.139. The molecule has 3 aliphatic rings. The highest BCUT2D eigenvalue weighted by Crippen LogP contribution is 2.28. The van der Waals surface area contributed by atoms with Crippen LogP contribution in [-0.2, 0) is 9.53 Å². The summed E-state index contributed by atoms with van der Waals surface area (Å²) in [7, 11) is 0. The van der Waals surface area contributed by atoms with Crippen molar-refractivity contribution < 1.29 is 9.53 Å². The van der Waals surface area contributed by atoms with Gasteiger partial charge < -0.3 is 15.0 Å². The maximum absolute atomic E-state index is 12.4. The van der Waals surface area contributed by atoms with Crippen molar-refractivity contribution in [2.24, 2.45) is 11.8 Å². The molecule has 0 aromatic rings. The molecule has 1 amide bonds. The van der Waals surface area contributed by atoms with Crippen LogP contribution in [0.4, 0.5) is 0 Å². The smallest absolute Gasteiger partial charge is 0.225 e. The number of nitrogens with one attached hydrogen (secondary N) is 1. The molecular weight excluding hydrogens is 240 g/mol. The van der Waals surface area contributed by atoms with Gasteiger partial charge in [-0.3, -0.25) is 4.79 Å². The summed E-state index contributed by atoms with van der Waals surface area (Å²) >= 11 is 0. The standard InChI is InChI=1S/C15H26N2O2/c18-15(13-5-9-19-10-6-13)17-7-3-14(4-8-17)16-11-12-1-2-12/h12-14,16H,1-11H2. The van der Waals surface area contributed by atoms with Crippen molar-refractivity contribution in [3.05, 3.63) is 0 Å². The van der Waals surface area contributed by atoms with Gasteiger partial charge in [0, 0.05) is 38.3 Å². The fourth-order valence-electron chi connectivity index (χ4n) is 3.16. The lowest BCUT2D eigenvalue weighted by Gasteiger charge is -2.35. The normalized spacial score (nSPS) is 26.6. The average molecular weight is 266 g/mol. The van der Waals surface area contributed by atoms with Crippen LogP contribution >= 0.6 is 0 Å². The largest absolute Gasteiger partial charge is 0.381 e. The number of carbonyl (C=O) groups is 1. The molecule has 2 heterocycles. The van der Waals surface area contributed by atoms with Crippen LogP contribution in [0.1, 0.15) is 38.5 Å². The SMILES string of the molecule is O=C(C1CCOCC1)N1CCC(NCC2CC2)CC1. The first kappa shape index (κ1) is 13.4. The summed E-state index contributed by atoms with van der Waals surface area (Å²) in [6, 6.07) is 0.638. The van der Waals surface area contributed by atoms with Crippen LogP contribution in [0.25, 0.3) is 0 Å². The molecule has 19 heavy (non-hydrogen) atoms. The van der Waals surface area contributed by atoms with E-state index in [0.717, 1.165) is 57.9 Å². The van der Waals surface area contributed by atoms with E-state index < -0.39 is 0 Å². The fourth-order valence-corrected chi connectivity index (χ4v) is 3.16. The Kier molecular flexibility index (Phi) is 4.38. The Morgan fingerprint density at radius 1 is 1.05 bits per heavy atom. The van der Waals surface area contributed by atoms with Crippen LogP contribution < -0.4 is 5.32 Å². The zero-order valence-electron chi connectivity index (χ0n) is 11.8. The van der Waals surface area contributed by atoms with Crippen molar-refractivity contribution in [3.8, 4) is 0 Å². The van der Waals surface area contributed by atoms with E-state index in [-0.39, 0.29) is 5.92 Å². The first-order valence-corrected chi connectivity index (χ1v) is 7.93. The highest BCUT2D eigenvalue weighted by molar-refractivity contribution is 5.79. The number of carbonyl (C=O) groups excluding carboxylic acids is 1. The highest BCUT2D eigenvalue weighted by Gasteiger charge is 2.30. The van der Waals surface area contributed by atoms with Gasteiger partial charge in [-0.25, -0.2) is 0 Å². The van der Waals surface area contributed by atoms with Gasteiger partial charge in [0.15, 0.2) is 0 Å². The van der Waals surface area contributed by atoms with E-state index >= 15 is 0 Å². The van der Waals surface area contributed by atoms with Crippen molar-refractivity contribution in [1.82, 2.24) is 10.2 Å². The van der Waals surface area contributed by atoms with E-state index in [4.69, 9.17) is 4.74 Å². The molecule has 1 N–H and O–H groups in total. The molecule has 2 aliphatic heterocycles. The minimum Gasteiger partial charge on any atom is -0.381 e. The molecule has 0 aromatic carbocycles. The number of hydrogen-bond donors (Lipinski definition) is 1. The number of piperidine rings is 1. The summed E-state index contributed by atoms with van der Waals surface area (Å²) in [6.07, 6.45) is 6.91. The molecule has 0 atom stereocenters. The Morgan fingerprint density at radius 2 is 1.74 bits per heavy atom. The van der Waals surface area contributed by atoms with Gasteiger partial charge >= 0.3 is 0 Å². The Labute approximate surface area is 115 Å². The van der Waals surface area contributed by atoms with Crippen LogP contribution in [0.2, 0.25) is 0 Å². The van der Waals surface area contributed by atoms with Gasteiger partial charge in [-0.1, -0.05) is 0 Å². The number of amides is 1. The summed E-state index contributed by atoms with van der Waals surface area (Å²) < 4.78 is 5.33. The maximum Gasteiger partial charge on any atom is 0.225 e. The molecule has 0 spiro atoms. The molecule has 1 saturated carbocycles. The summed E-state index contributed by atoms with van der Waals surface area (Å²) in [4.78, 5) is 14.5. The second-order valence-corrected chi connectivity index (χ2v) is 6.34. The Hall–Kier alpha value is -0.610. The molecule has 2 saturated heterocycles. The summed E-state index contributed by atoms with van der Waals surface area (Å²) in [5.74, 6) is 1.55. The van der Waals surface area contributed by atoms with E-state index in [1.807, 2.05) is 0 Å². The second-order valence-electron chi connectivity index (χ2n) is 6.34. The van der Waals surface area contributed by atoms with Gasteiger partial charge in [0.05, 0.1) is 0 Å². The third-order valence-electron chi connectivity index (χ3n) is 4.77. The zero-order chi connectivity index (χ0) is 13.1. The topological polar surface area (TPSA) is 41.6 Å². The highest BCUT2D eigenvalue weighted by atomic mass is 16.5. The molecule has 108 valence electrons. The number of likely N-dealkylation sites (tertiary alicyclic amines) is 1. The molecule has 3 rings (SSSR count). The van der Waals surface area contributed by atoms with E-state index in [1.54, 1.807) is 0 Å². The third-order valence-corrected chi connectivity index (χ3v) is 4.77. The average Bonchev–Trinajstić information content (AvgIpc) is 3.30. The maximum atomic E-state index is 12.4. The summed E-state index contributed by atoms with van der Waals surface area (Å²) in [5, 5.41) is 3.66. The second kappa shape index (κ2) is 6.23. The molecule has 0 radical (unpaired) electrons. The van der Waals surface area contributed by atoms with Gasteiger partial charge in [0.25, 0.3) is 0 Å². The number of rotatable bonds is 4. The Morgan fingerprint density at radius 3 is 2.37 bits per heavy atom. The minimum atomic E-state index is 0.227. The first-order chi connectivity index (χ1) is 9.33.